The average Bonchev–Trinajstić information content (AvgIpc) is 2.17. The third-order valence-corrected chi connectivity index (χ3v) is 1.25. The van der Waals surface area contributed by atoms with E-state index in [1.807, 2.05) is 0 Å². The van der Waals surface area contributed by atoms with E-state index in [1.54, 1.807) is 6.92 Å². The molecule has 0 saturated carbocycles. The molecule has 4 N–H and O–H groups in total. The number of hydrogen-bond donors (Lipinski definition) is 3. The number of amides is 2. The summed E-state index contributed by atoms with van der Waals surface area (Å²) < 4.78 is 0. The number of aliphatic hydroxyl groups excluding tert-OH is 1. The lowest BCUT2D eigenvalue weighted by molar-refractivity contribution is -0.116. The highest BCUT2D eigenvalue weighted by molar-refractivity contribution is 5.86. The molecule has 1 unspecified atom stereocenters. The maximum absolute atomic E-state index is 10.5. The predicted molar refractivity (Wildman–Crippen MR) is 58.9 cm³/mol. The summed E-state index contributed by atoms with van der Waals surface area (Å²) in [5, 5.41) is 11.3. The van der Waals surface area contributed by atoms with E-state index >= 15 is 0 Å². The highest BCUT2D eigenvalue weighted by Gasteiger charge is 1.95. The topological polar surface area (TPSA) is 92.4 Å². The van der Waals surface area contributed by atoms with Gasteiger partial charge >= 0.3 is 0 Å². The molecule has 0 saturated heterocycles. The molecule has 86 valence electrons. The van der Waals surface area contributed by atoms with Crippen molar-refractivity contribution in [2.45, 2.75) is 19.4 Å². The quantitative estimate of drug-likeness (QED) is 0.549. The number of nitrogens with one attached hydrogen (secondary N) is 1. The molecule has 0 aromatic heterocycles. The van der Waals surface area contributed by atoms with Crippen molar-refractivity contribution >= 4 is 11.8 Å². The van der Waals surface area contributed by atoms with Crippen LogP contribution in [-0.4, -0.2) is 29.6 Å². The normalized spacial score (nSPS) is 10.3. The Bertz CT molecular complexity index is 225. The first-order valence-electron chi connectivity index (χ1n) is 4.44. The zero-order valence-corrected chi connectivity index (χ0v) is 8.90. The van der Waals surface area contributed by atoms with Crippen LogP contribution < -0.4 is 11.1 Å². The summed E-state index contributed by atoms with van der Waals surface area (Å²) in [6, 6.07) is 0. The average molecular weight is 214 g/mol. The lowest BCUT2D eigenvalue weighted by Crippen LogP contribution is -2.24. The molecule has 0 fully saturated rings. The van der Waals surface area contributed by atoms with E-state index in [-0.39, 0.29) is 12.0 Å². The molecule has 0 heterocycles. The van der Waals surface area contributed by atoms with Gasteiger partial charge in [0.2, 0.25) is 11.8 Å². The maximum atomic E-state index is 10.5. The van der Waals surface area contributed by atoms with Gasteiger partial charge < -0.3 is 16.2 Å². The van der Waals surface area contributed by atoms with Crippen molar-refractivity contribution in [1.82, 2.24) is 5.32 Å². The molecule has 0 spiro atoms. The summed E-state index contributed by atoms with van der Waals surface area (Å²) in [7, 11) is 0. The second-order valence-corrected chi connectivity index (χ2v) is 2.74. The first kappa shape index (κ1) is 15.8. The standard InChI is InChI=1S/C7H13NO2.C3H5NO/c1-3-7(10)8-5-4-6(2)9;1-2-3(4)5/h3,6,9H,1,4-5H2,2H3,(H,8,10);2H,1H2,(H2,4,5). The molecule has 1 atom stereocenters. The van der Waals surface area contributed by atoms with Crippen molar-refractivity contribution in [3.05, 3.63) is 25.3 Å². The number of aliphatic hydroxyl groups is 1. The number of nitrogens with two attached hydrogens (primary N) is 1. The Morgan fingerprint density at radius 3 is 2.20 bits per heavy atom. The minimum absolute atomic E-state index is 0.194. The third kappa shape index (κ3) is 19.0. The van der Waals surface area contributed by atoms with Crippen molar-refractivity contribution in [2.24, 2.45) is 5.73 Å². The van der Waals surface area contributed by atoms with Crippen molar-refractivity contribution in [3.63, 3.8) is 0 Å². The third-order valence-electron chi connectivity index (χ3n) is 1.25. The van der Waals surface area contributed by atoms with Crippen molar-refractivity contribution < 1.29 is 14.7 Å². The SMILES string of the molecule is C=CC(=O)NCCC(C)O.C=CC(N)=O. The summed E-state index contributed by atoms with van der Waals surface area (Å²) in [6.07, 6.45) is 2.49. The number of primary amides is 1. The van der Waals surface area contributed by atoms with Gasteiger partial charge in [-0.1, -0.05) is 13.2 Å². The largest absolute Gasteiger partial charge is 0.393 e. The van der Waals surface area contributed by atoms with Gasteiger partial charge in [-0.3, -0.25) is 9.59 Å². The Hall–Kier alpha value is -1.62. The van der Waals surface area contributed by atoms with Crippen LogP contribution in [0.3, 0.4) is 0 Å². The van der Waals surface area contributed by atoms with Crippen molar-refractivity contribution in [3.8, 4) is 0 Å². The smallest absolute Gasteiger partial charge is 0.243 e. The van der Waals surface area contributed by atoms with Gasteiger partial charge in [0.25, 0.3) is 0 Å². The van der Waals surface area contributed by atoms with Gasteiger partial charge in [-0.2, -0.15) is 0 Å². The fourth-order valence-electron chi connectivity index (χ4n) is 0.476. The fraction of sp³-hybridized carbons (Fsp3) is 0.400. The van der Waals surface area contributed by atoms with Gasteiger partial charge in [0.15, 0.2) is 0 Å². The molecule has 0 aromatic carbocycles. The van der Waals surface area contributed by atoms with Crippen LogP contribution in [0.15, 0.2) is 25.3 Å². The van der Waals surface area contributed by atoms with Gasteiger partial charge in [0.1, 0.15) is 0 Å². The molecule has 0 rings (SSSR count). The molecule has 0 aliphatic rings. The lowest BCUT2D eigenvalue weighted by Gasteiger charge is -2.03. The van der Waals surface area contributed by atoms with Crippen LogP contribution >= 0.6 is 0 Å². The Kier molecular flexibility index (Phi) is 11.0. The summed E-state index contributed by atoms with van der Waals surface area (Å²) in [6.45, 7) is 8.55. The summed E-state index contributed by atoms with van der Waals surface area (Å²) in [5.41, 5.74) is 4.53. The Balaban J connectivity index is 0. The van der Waals surface area contributed by atoms with Crippen LogP contribution in [0.5, 0.6) is 0 Å². The van der Waals surface area contributed by atoms with Crippen LogP contribution in [0.1, 0.15) is 13.3 Å². The van der Waals surface area contributed by atoms with E-state index in [0.29, 0.717) is 13.0 Å². The van der Waals surface area contributed by atoms with E-state index in [2.05, 4.69) is 24.2 Å². The molecule has 5 heteroatoms. The second-order valence-electron chi connectivity index (χ2n) is 2.74. The minimum Gasteiger partial charge on any atom is -0.393 e. The molecule has 0 radical (unpaired) electrons. The Morgan fingerprint density at radius 2 is 1.93 bits per heavy atom. The highest BCUT2D eigenvalue weighted by atomic mass is 16.3. The van der Waals surface area contributed by atoms with E-state index in [1.165, 1.54) is 6.08 Å². The van der Waals surface area contributed by atoms with E-state index in [4.69, 9.17) is 5.11 Å². The first-order chi connectivity index (χ1) is 6.93. The lowest BCUT2D eigenvalue weighted by atomic mass is 10.3. The second kappa shape index (κ2) is 10.5. The zero-order chi connectivity index (χ0) is 12.3. The minimum atomic E-state index is -0.481. The Labute approximate surface area is 89.7 Å². The first-order valence-corrected chi connectivity index (χ1v) is 4.44. The molecule has 0 aromatic rings. The van der Waals surface area contributed by atoms with E-state index < -0.39 is 5.91 Å². The van der Waals surface area contributed by atoms with Gasteiger partial charge in [-0.25, -0.2) is 0 Å². The van der Waals surface area contributed by atoms with Gasteiger partial charge in [-0.15, -0.1) is 0 Å². The number of rotatable bonds is 5. The number of carbonyl (C=O) groups is 2. The summed E-state index contributed by atoms with van der Waals surface area (Å²) in [4.78, 5) is 20.0. The number of hydrogen-bond acceptors (Lipinski definition) is 3. The maximum Gasteiger partial charge on any atom is 0.243 e. The van der Waals surface area contributed by atoms with E-state index in [0.717, 1.165) is 6.08 Å². The van der Waals surface area contributed by atoms with Crippen molar-refractivity contribution in [1.29, 1.82) is 0 Å². The van der Waals surface area contributed by atoms with Crippen molar-refractivity contribution in [2.75, 3.05) is 6.54 Å². The van der Waals surface area contributed by atoms with Crippen LogP contribution in [-0.2, 0) is 9.59 Å². The van der Waals surface area contributed by atoms with Crippen LogP contribution in [0.4, 0.5) is 0 Å². The molecular formula is C10H18N2O3. The monoisotopic (exact) mass is 214 g/mol. The van der Waals surface area contributed by atoms with Gasteiger partial charge in [-0.05, 0) is 25.5 Å². The van der Waals surface area contributed by atoms with Crippen LogP contribution in [0.2, 0.25) is 0 Å². The fourth-order valence-corrected chi connectivity index (χ4v) is 0.476. The molecule has 0 aliphatic heterocycles. The molecule has 2 amide bonds. The molecule has 0 bridgehead atoms. The van der Waals surface area contributed by atoms with Gasteiger partial charge in [0, 0.05) is 6.54 Å². The molecular weight excluding hydrogens is 196 g/mol. The van der Waals surface area contributed by atoms with E-state index in [9.17, 15) is 9.59 Å². The molecule has 5 nitrogen and oxygen atoms in total. The van der Waals surface area contributed by atoms with Gasteiger partial charge in [0.05, 0.1) is 6.10 Å². The predicted octanol–water partition coefficient (Wildman–Crippen LogP) is -0.283. The summed E-state index contributed by atoms with van der Waals surface area (Å²) in [5.74, 6) is -0.675. The summed E-state index contributed by atoms with van der Waals surface area (Å²) >= 11 is 0. The highest BCUT2D eigenvalue weighted by Crippen LogP contribution is 1.85. The molecule has 0 aliphatic carbocycles. The van der Waals surface area contributed by atoms with Crippen LogP contribution in [0.25, 0.3) is 0 Å². The Morgan fingerprint density at radius 1 is 1.47 bits per heavy atom. The zero-order valence-electron chi connectivity index (χ0n) is 8.90. The number of carbonyl (C=O) groups excluding carboxylic acids is 2. The van der Waals surface area contributed by atoms with Crippen LogP contribution in [0, 0.1) is 0 Å². The molecule has 15 heavy (non-hydrogen) atoms.